The molecule has 0 aromatic heterocycles. The fourth-order valence-electron chi connectivity index (χ4n) is 0.562. The van der Waals surface area contributed by atoms with Crippen molar-refractivity contribution in [3.05, 3.63) is 0 Å². The molecule has 0 heterocycles. The third-order valence-electron chi connectivity index (χ3n) is 1.07. The summed E-state index contributed by atoms with van der Waals surface area (Å²) < 4.78 is 5.36. The topological polar surface area (TPSA) is 21.6 Å². The van der Waals surface area contributed by atoms with Crippen LogP contribution >= 0.6 is 11.8 Å². The molecule has 11 heavy (non-hydrogen) atoms. The minimum absolute atomic E-state index is 0.781. The number of hydrogen-bond acceptors (Lipinski definition) is 3. The first-order valence-corrected chi connectivity index (χ1v) is 5.28. The van der Waals surface area contributed by atoms with Gasteiger partial charge in [0, 0.05) is 6.54 Å². The van der Waals surface area contributed by atoms with Gasteiger partial charge in [0.2, 0.25) is 5.23 Å². The van der Waals surface area contributed by atoms with E-state index in [0.717, 1.165) is 31.2 Å². The molecule has 0 rings (SSSR count). The first-order chi connectivity index (χ1) is 5.35. The van der Waals surface area contributed by atoms with E-state index in [1.54, 1.807) is 11.8 Å². The van der Waals surface area contributed by atoms with E-state index < -0.39 is 0 Å². The van der Waals surface area contributed by atoms with Crippen molar-refractivity contribution in [1.29, 1.82) is 0 Å². The van der Waals surface area contributed by atoms with E-state index in [1.165, 1.54) is 0 Å². The summed E-state index contributed by atoms with van der Waals surface area (Å²) in [5.74, 6) is 0. The maximum absolute atomic E-state index is 5.36. The van der Waals surface area contributed by atoms with Crippen molar-refractivity contribution in [2.45, 2.75) is 26.7 Å². The minimum atomic E-state index is 0.781. The van der Waals surface area contributed by atoms with Crippen LogP contribution in [0.2, 0.25) is 0 Å². The van der Waals surface area contributed by atoms with Gasteiger partial charge in [-0.1, -0.05) is 25.6 Å². The molecule has 0 bridgehead atoms. The molecule has 0 saturated carbocycles. The molecule has 0 aliphatic carbocycles. The molecule has 0 amide bonds. The Morgan fingerprint density at radius 1 is 1.36 bits per heavy atom. The van der Waals surface area contributed by atoms with Crippen LogP contribution in [-0.4, -0.2) is 24.6 Å². The molecule has 0 N–H and O–H groups in total. The Morgan fingerprint density at radius 3 is 2.55 bits per heavy atom. The molecule has 0 fully saturated rings. The second-order valence-corrected chi connectivity index (χ2v) is 2.96. The molecule has 3 heteroatoms. The normalized spacial score (nSPS) is 11.7. The second kappa shape index (κ2) is 7.92. The summed E-state index contributed by atoms with van der Waals surface area (Å²) in [6, 6.07) is 0. The minimum Gasteiger partial charge on any atom is -0.473 e. The summed E-state index contributed by atoms with van der Waals surface area (Å²) in [4.78, 5) is 4.26. The summed E-state index contributed by atoms with van der Waals surface area (Å²) in [6.07, 6.45) is 4.12. The fraction of sp³-hybridized carbons (Fsp3) is 0.875. The van der Waals surface area contributed by atoms with Gasteiger partial charge in [0.25, 0.3) is 0 Å². The molecule has 0 aliphatic heterocycles. The van der Waals surface area contributed by atoms with Gasteiger partial charge >= 0.3 is 0 Å². The number of thioether (sulfide) groups is 1. The van der Waals surface area contributed by atoms with E-state index >= 15 is 0 Å². The van der Waals surface area contributed by atoms with Gasteiger partial charge in [0.15, 0.2) is 0 Å². The van der Waals surface area contributed by atoms with Crippen molar-refractivity contribution in [3.63, 3.8) is 0 Å². The predicted molar refractivity (Wildman–Crippen MR) is 52.4 cm³/mol. The lowest BCUT2D eigenvalue weighted by Gasteiger charge is -2.03. The summed E-state index contributed by atoms with van der Waals surface area (Å²) >= 11 is 1.58. The molecule has 0 spiro atoms. The summed E-state index contributed by atoms with van der Waals surface area (Å²) in [5.41, 5.74) is 0. The van der Waals surface area contributed by atoms with Crippen LogP contribution in [0.15, 0.2) is 4.99 Å². The molecule has 0 atom stereocenters. The molecule has 66 valence electrons. The Morgan fingerprint density at radius 2 is 2.09 bits per heavy atom. The zero-order valence-electron chi connectivity index (χ0n) is 7.59. The van der Waals surface area contributed by atoms with Crippen molar-refractivity contribution < 1.29 is 4.74 Å². The average Bonchev–Trinajstić information content (AvgIpc) is 2.05. The molecule has 0 aromatic carbocycles. The number of ether oxygens (including phenoxy) is 1. The lowest BCUT2D eigenvalue weighted by molar-refractivity contribution is 0.313. The number of rotatable bonds is 4. The van der Waals surface area contributed by atoms with Crippen molar-refractivity contribution in [2.75, 3.05) is 19.4 Å². The Balaban J connectivity index is 3.55. The number of nitrogens with zero attached hydrogens (tertiary/aromatic N) is 1. The fourth-order valence-corrected chi connectivity index (χ4v) is 0.983. The van der Waals surface area contributed by atoms with Gasteiger partial charge in [0.05, 0.1) is 6.61 Å². The summed E-state index contributed by atoms with van der Waals surface area (Å²) in [6.45, 7) is 5.86. The smallest absolute Gasteiger partial charge is 0.245 e. The zero-order valence-corrected chi connectivity index (χ0v) is 8.41. The Labute approximate surface area is 73.4 Å². The van der Waals surface area contributed by atoms with E-state index in [0.29, 0.717) is 0 Å². The predicted octanol–water partition coefficient (Wildman–Crippen LogP) is 2.54. The first kappa shape index (κ1) is 10.8. The van der Waals surface area contributed by atoms with E-state index in [1.807, 2.05) is 6.26 Å². The van der Waals surface area contributed by atoms with Gasteiger partial charge in [-0.15, -0.1) is 0 Å². The largest absolute Gasteiger partial charge is 0.473 e. The van der Waals surface area contributed by atoms with Gasteiger partial charge in [0.1, 0.15) is 0 Å². The van der Waals surface area contributed by atoms with Gasteiger partial charge in [-0.05, 0) is 19.1 Å². The first-order valence-electron chi connectivity index (χ1n) is 4.06. The number of hydrogen-bond donors (Lipinski definition) is 0. The molecular weight excluding hydrogens is 158 g/mol. The highest BCUT2D eigenvalue weighted by molar-refractivity contribution is 8.12. The van der Waals surface area contributed by atoms with E-state index in [4.69, 9.17) is 4.74 Å². The van der Waals surface area contributed by atoms with Crippen molar-refractivity contribution >= 4 is 17.0 Å². The van der Waals surface area contributed by atoms with E-state index in [9.17, 15) is 0 Å². The highest BCUT2D eigenvalue weighted by Crippen LogP contribution is 2.01. The lowest BCUT2D eigenvalue weighted by atomic mass is 10.5. The lowest BCUT2D eigenvalue weighted by Crippen LogP contribution is -2.01. The zero-order chi connectivity index (χ0) is 8.53. The molecule has 0 aliphatic rings. The van der Waals surface area contributed by atoms with Crippen LogP contribution in [0.4, 0.5) is 0 Å². The highest BCUT2D eigenvalue weighted by atomic mass is 32.2. The molecular formula is C8H17NOS. The monoisotopic (exact) mass is 175 g/mol. The standard InChI is InChI=1S/C8H17NOS/c1-4-6-9-8(11-3)10-7-5-2/h4-7H2,1-3H3. The third kappa shape index (κ3) is 6.23. The van der Waals surface area contributed by atoms with Crippen LogP contribution < -0.4 is 0 Å². The van der Waals surface area contributed by atoms with Crippen LogP contribution in [0.3, 0.4) is 0 Å². The molecule has 2 nitrogen and oxygen atoms in total. The highest BCUT2D eigenvalue weighted by Gasteiger charge is 1.94. The Kier molecular flexibility index (Phi) is 7.79. The van der Waals surface area contributed by atoms with Crippen LogP contribution in [0.25, 0.3) is 0 Å². The van der Waals surface area contributed by atoms with Crippen LogP contribution in [-0.2, 0) is 4.74 Å². The average molecular weight is 175 g/mol. The number of aliphatic imine (C=N–C) groups is 1. The third-order valence-corrected chi connectivity index (χ3v) is 1.66. The molecule has 0 aromatic rings. The van der Waals surface area contributed by atoms with Crippen molar-refractivity contribution in [3.8, 4) is 0 Å². The maximum Gasteiger partial charge on any atom is 0.245 e. The van der Waals surface area contributed by atoms with Crippen molar-refractivity contribution in [2.24, 2.45) is 4.99 Å². The molecule has 0 unspecified atom stereocenters. The summed E-state index contributed by atoms with van der Waals surface area (Å²) in [7, 11) is 0. The van der Waals surface area contributed by atoms with Crippen molar-refractivity contribution in [1.82, 2.24) is 0 Å². The van der Waals surface area contributed by atoms with Gasteiger partial charge in [-0.25, -0.2) is 4.99 Å². The van der Waals surface area contributed by atoms with Gasteiger partial charge in [-0.3, -0.25) is 0 Å². The Bertz CT molecular complexity index is 115. The summed E-state index contributed by atoms with van der Waals surface area (Å²) in [5, 5.41) is 0.828. The quantitative estimate of drug-likeness (QED) is 0.484. The van der Waals surface area contributed by atoms with Gasteiger partial charge in [-0.2, -0.15) is 0 Å². The van der Waals surface area contributed by atoms with Crippen LogP contribution in [0.1, 0.15) is 26.7 Å². The Hall–Kier alpha value is -0.180. The molecule has 0 radical (unpaired) electrons. The van der Waals surface area contributed by atoms with Crippen LogP contribution in [0.5, 0.6) is 0 Å². The van der Waals surface area contributed by atoms with Crippen LogP contribution in [0, 0.1) is 0 Å². The molecule has 0 saturated heterocycles. The van der Waals surface area contributed by atoms with Gasteiger partial charge < -0.3 is 4.74 Å². The second-order valence-electron chi connectivity index (χ2n) is 2.20. The van der Waals surface area contributed by atoms with E-state index in [2.05, 4.69) is 18.8 Å². The van der Waals surface area contributed by atoms with E-state index in [-0.39, 0.29) is 0 Å². The SMILES string of the molecule is CCCN=C(OCCC)SC. The maximum atomic E-state index is 5.36.